The van der Waals surface area contributed by atoms with Gasteiger partial charge < -0.3 is 14.5 Å². The monoisotopic (exact) mass is 302 g/mol. The van der Waals surface area contributed by atoms with Gasteiger partial charge in [0.15, 0.2) is 0 Å². The predicted molar refractivity (Wildman–Crippen MR) is 87.2 cm³/mol. The lowest BCUT2D eigenvalue weighted by atomic mass is 9.90. The van der Waals surface area contributed by atoms with Crippen molar-refractivity contribution in [2.75, 3.05) is 39.8 Å². The lowest BCUT2D eigenvalue weighted by Crippen LogP contribution is -2.36. The summed E-state index contributed by atoms with van der Waals surface area (Å²) in [6.07, 6.45) is 4.13. The normalized spacial score (nSPS) is 21.2. The lowest BCUT2D eigenvalue weighted by molar-refractivity contribution is -0.130. The van der Waals surface area contributed by atoms with Crippen molar-refractivity contribution < 1.29 is 9.53 Å². The van der Waals surface area contributed by atoms with Gasteiger partial charge in [-0.3, -0.25) is 4.79 Å². The predicted octanol–water partition coefficient (Wildman–Crippen LogP) is 2.50. The van der Waals surface area contributed by atoms with Crippen molar-refractivity contribution in [3.05, 3.63) is 29.8 Å². The molecule has 120 valence electrons. The largest absolute Gasteiger partial charge is 0.493 e. The van der Waals surface area contributed by atoms with Crippen molar-refractivity contribution in [3.63, 3.8) is 0 Å². The first-order chi connectivity index (χ1) is 10.7. The van der Waals surface area contributed by atoms with E-state index in [1.165, 1.54) is 31.5 Å². The molecular formula is C18H26N2O2. The fourth-order valence-electron chi connectivity index (χ4n) is 3.42. The minimum absolute atomic E-state index is 0.251. The maximum Gasteiger partial charge on any atom is 0.222 e. The molecule has 2 aliphatic heterocycles. The van der Waals surface area contributed by atoms with Crippen LogP contribution in [0.2, 0.25) is 0 Å². The van der Waals surface area contributed by atoms with E-state index in [0.717, 1.165) is 25.3 Å². The maximum absolute atomic E-state index is 12.5. The minimum Gasteiger partial charge on any atom is -0.493 e. The number of benzene rings is 1. The molecule has 2 heterocycles. The summed E-state index contributed by atoms with van der Waals surface area (Å²) in [5.74, 6) is 1.50. The fourth-order valence-corrected chi connectivity index (χ4v) is 3.42. The Bertz CT molecular complexity index is 512. The maximum atomic E-state index is 12.5. The van der Waals surface area contributed by atoms with E-state index in [1.807, 2.05) is 30.1 Å². The van der Waals surface area contributed by atoms with E-state index in [-0.39, 0.29) is 5.91 Å². The number of hydrogen-bond donors (Lipinski definition) is 0. The molecule has 2 aliphatic rings. The van der Waals surface area contributed by atoms with Crippen LogP contribution in [0.4, 0.5) is 0 Å². The Kier molecular flexibility index (Phi) is 4.98. The molecule has 0 saturated carbocycles. The highest BCUT2D eigenvalue weighted by molar-refractivity contribution is 5.77. The molecule has 0 aromatic heterocycles. The van der Waals surface area contributed by atoms with Gasteiger partial charge in [-0.05, 0) is 49.9 Å². The number of hydrogen-bond acceptors (Lipinski definition) is 3. The van der Waals surface area contributed by atoms with Crippen molar-refractivity contribution in [3.8, 4) is 5.75 Å². The number of ether oxygens (including phenoxy) is 1. The smallest absolute Gasteiger partial charge is 0.222 e. The first kappa shape index (κ1) is 15.3. The third kappa shape index (κ3) is 3.61. The van der Waals surface area contributed by atoms with Crippen LogP contribution in [-0.2, 0) is 4.79 Å². The van der Waals surface area contributed by atoms with Crippen LogP contribution in [0.5, 0.6) is 5.75 Å². The standard InChI is InChI=1S/C18H26N2O2/c1-19(11-12-20-9-4-5-10-20)18(21)14-15-8-13-22-17-7-3-2-6-16(15)17/h2-3,6-7,15H,4-5,8-14H2,1H3/t15-/m1/s1. The SMILES string of the molecule is CN(CCN1CCCC1)C(=O)C[C@H]1CCOc2ccccc21. The zero-order valence-corrected chi connectivity index (χ0v) is 13.5. The Morgan fingerprint density at radius 1 is 1.32 bits per heavy atom. The molecule has 0 spiro atoms. The molecule has 1 aromatic carbocycles. The summed E-state index contributed by atoms with van der Waals surface area (Å²) in [6, 6.07) is 8.12. The van der Waals surface area contributed by atoms with Gasteiger partial charge >= 0.3 is 0 Å². The highest BCUT2D eigenvalue weighted by Gasteiger charge is 2.25. The summed E-state index contributed by atoms with van der Waals surface area (Å²) < 4.78 is 5.68. The molecule has 4 nitrogen and oxygen atoms in total. The molecule has 3 rings (SSSR count). The van der Waals surface area contributed by atoms with Crippen molar-refractivity contribution >= 4 is 5.91 Å². The number of carbonyl (C=O) groups excluding carboxylic acids is 1. The topological polar surface area (TPSA) is 32.8 Å². The Morgan fingerprint density at radius 2 is 2.09 bits per heavy atom. The Balaban J connectivity index is 1.53. The number of fused-ring (bicyclic) bond motifs is 1. The zero-order valence-electron chi connectivity index (χ0n) is 13.5. The average molecular weight is 302 g/mol. The molecule has 1 atom stereocenters. The van der Waals surface area contributed by atoms with Crippen molar-refractivity contribution in [2.24, 2.45) is 0 Å². The van der Waals surface area contributed by atoms with Crippen molar-refractivity contribution in [2.45, 2.75) is 31.6 Å². The van der Waals surface area contributed by atoms with E-state index in [1.54, 1.807) is 0 Å². The van der Waals surface area contributed by atoms with E-state index in [2.05, 4.69) is 11.0 Å². The van der Waals surface area contributed by atoms with Crippen LogP contribution in [0.3, 0.4) is 0 Å². The second kappa shape index (κ2) is 7.14. The number of carbonyl (C=O) groups is 1. The minimum atomic E-state index is 0.251. The van der Waals surface area contributed by atoms with Gasteiger partial charge in [-0.25, -0.2) is 0 Å². The van der Waals surface area contributed by atoms with Gasteiger partial charge in [0.1, 0.15) is 5.75 Å². The van der Waals surface area contributed by atoms with Gasteiger partial charge in [-0.1, -0.05) is 18.2 Å². The molecule has 4 heteroatoms. The Morgan fingerprint density at radius 3 is 2.91 bits per heavy atom. The summed E-state index contributed by atoms with van der Waals surface area (Å²) in [6.45, 7) is 4.94. The fraction of sp³-hybridized carbons (Fsp3) is 0.611. The van der Waals surface area contributed by atoms with Gasteiger partial charge in [0.05, 0.1) is 6.61 Å². The van der Waals surface area contributed by atoms with Crippen LogP contribution in [-0.4, -0.2) is 55.5 Å². The van der Waals surface area contributed by atoms with Gasteiger partial charge in [0.2, 0.25) is 5.91 Å². The Hall–Kier alpha value is -1.55. The van der Waals surface area contributed by atoms with E-state index >= 15 is 0 Å². The van der Waals surface area contributed by atoms with Crippen LogP contribution >= 0.6 is 0 Å². The number of nitrogens with zero attached hydrogens (tertiary/aromatic N) is 2. The number of para-hydroxylation sites is 1. The third-order valence-electron chi connectivity index (χ3n) is 4.88. The third-order valence-corrected chi connectivity index (χ3v) is 4.88. The molecular weight excluding hydrogens is 276 g/mol. The molecule has 1 fully saturated rings. The van der Waals surface area contributed by atoms with Gasteiger partial charge in [0.25, 0.3) is 0 Å². The van der Waals surface area contributed by atoms with Gasteiger partial charge in [-0.15, -0.1) is 0 Å². The van der Waals surface area contributed by atoms with Gasteiger partial charge in [0, 0.05) is 26.6 Å². The highest BCUT2D eigenvalue weighted by atomic mass is 16.5. The lowest BCUT2D eigenvalue weighted by Gasteiger charge is -2.28. The van der Waals surface area contributed by atoms with E-state index in [0.29, 0.717) is 18.9 Å². The molecule has 0 bridgehead atoms. The molecule has 1 amide bonds. The highest BCUT2D eigenvalue weighted by Crippen LogP contribution is 2.35. The van der Waals surface area contributed by atoms with Gasteiger partial charge in [-0.2, -0.15) is 0 Å². The number of likely N-dealkylation sites (tertiary alicyclic amines) is 1. The van der Waals surface area contributed by atoms with E-state index < -0.39 is 0 Å². The molecule has 0 aliphatic carbocycles. The Labute approximate surface area is 133 Å². The zero-order chi connectivity index (χ0) is 15.4. The van der Waals surface area contributed by atoms with Crippen LogP contribution in [0.15, 0.2) is 24.3 Å². The quantitative estimate of drug-likeness (QED) is 0.838. The first-order valence-electron chi connectivity index (χ1n) is 8.42. The molecule has 0 N–H and O–H groups in total. The average Bonchev–Trinajstić information content (AvgIpc) is 3.06. The van der Waals surface area contributed by atoms with Crippen LogP contribution in [0.25, 0.3) is 0 Å². The van der Waals surface area contributed by atoms with E-state index in [4.69, 9.17) is 4.74 Å². The number of amides is 1. The number of rotatable bonds is 5. The van der Waals surface area contributed by atoms with Crippen molar-refractivity contribution in [1.82, 2.24) is 9.80 Å². The molecule has 1 aromatic rings. The molecule has 0 unspecified atom stereocenters. The van der Waals surface area contributed by atoms with Crippen LogP contribution in [0.1, 0.15) is 37.2 Å². The van der Waals surface area contributed by atoms with Crippen LogP contribution in [0, 0.1) is 0 Å². The second-order valence-electron chi connectivity index (χ2n) is 6.44. The molecule has 0 radical (unpaired) electrons. The summed E-state index contributed by atoms with van der Waals surface area (Å²) in [7, 11) is 1.93. The summed E-state index contributed by atoms with van der Waals surface area (Å²) in [5, 5.41) is 0. The summed E-state index contributed by atoms with van der Waals surface area (Å²) in [5.41, 5.74) is 1.19. The van der Waals surface area contributed by atoms with E-state index in [9.17, 15) is 4.79 Å². The second-order valence-corrected chi connectivity index (χ2v) is 6.44. The summed E-state index contributed by atoms with van der Waals surface area (Å²) in [4.78, 5) is 16.8. The van der Waals surface area contributed by atoms with Crippen LogP contribution < -0.4 is 4.74 Å². The van der Waals surface area contributed by atoms with Crippen molar-refractivity contribution in [1.29, 1.82) is 0 Å². The first-order valence-corrected chi connectivity index (χ1v) is 8.42. The number of likely N-dealkylation sites (N-methyl/N-ethyl adjacent to an activating group) is 1. The molecule has 1 saturated heterocycles. The summed E-state index contributed by atoms with van der Waals surface area (Å²) >= 11 is 0. The molecule has 22 heavy (non-hydrogen) atoms.